The van der Waals surface area contributed by atoms with Crippen LogP contribution in [0.3, 0.4) is 0 Å². The number of nitrogens with two attached hydrogens (primary N) is 1. The molecule has 22 heavy (non-hydrogen) atoms. The lowest BCUT2D eigenvalue weighted by molar-refractivity contribution is 0.1000. The zero-order chi connectivity index (χ0) is 16.1. The quantitative estimate of drug-likeness (QED) is 0.882. The van der Waals surface area contributed by atoms with Gasteiger partial charge in [0.25, 0.3) is 0 Å². The number of carbonyl (C=O) groups excluding carboxylic acids is 2. The maximum Gasteiger partial charge on any atom is 0.317 e. The number of thiazole rings is 1. The minimum Gasteiger partial charge on any atom is -0.366 e. The number of rotatable bonds is 5. The molecule has 3 N–H and O–H groups in total. The molecule has 2 aromatic rings. The van der Waals surface area contributed by atoms with Gasteiger partial charge in [-0.2, -0.15) is 0 Å². The van der Waals surface area contributed by atoms with E-state index in [1.807, 2.05) is 12.3 Å². The number of aryl methyl sites for hydroxylation is 1. The summed E-state index contributed by atoms with van der Waals surface area (Å²) >= 11 is 1.56. The molecular weight excluding hydrogens is 300 g/mol. The van der Waals surface area contributed by atoms with Crippen molar-refractivity contribution < 1.29 is 9.59 Å². The van der Waals surface area contributed by atoms with Gasteiger partial charge in [-0.25, -0.2) is 9.78 Å². The second-order valence-corrected chi connectivity index (χ2v) is 6.00. The fourth-order valence-corrected chi connectivity index (χ4v) is 2.52. The van der Waals surface area contributed by atoms with Gasteiger partial charge in [-0.1, -0.05) is 12.1 Å². The Hall–Kier alpha value is -2.41. The van der Waals surface area contributed by atoms with Gasteiger partial charge >= 0.3 is 6.03 Å². The normalized spacial score (nSPS) is 10.3. The summed E-state index contributed by atoms with van der Waals surface area (Å²) in [7, 11) is 1.71. The van der Waals surface area contributed by atoms with E-state index in [1.54, 1.807) is 47.5 Å². The first-order chi connectivity index (χ1) is 10.5. The third-order valence-corrected chi connectivity index (χ3v) is 3.91. The molecule has 0 atom stereocenters. The number of hydrogen-bond donors (Lipinski definition) is 2. The predicted octanol–water partition coefficient (Wildman–Crippen LogP) is 1.89. The van der Waals surface area contributed by atoms with Crippen LogP contribution in [0.2, 0.25) is 0 Å². The molecular formula is C15H18N4O2S. The minimum absolute atomic E-state index is 0.176. The van der Waals surface area contributed by atoms with E-state index in [9.17, 15) is 9.59 Å². The molecule has 1 aromatic heterocycles. The molecule has 6 nitrogen and oxygen atoms in total. The summed E-state index contributed by atoms with van der Waals surface area (Å²) in [4.78, 5) is 28.9. The van der Waals surface area contributed by atoms with Crippen LogP contribution in [0.1, 0.15) is 26.6 Å². The van der Waals surface area contributed by atoms with E-state index in [0.29, 0.717) is 18.7 Å². The second kappa shape index (κ2) is 7.04. The van der Waals surface area contributed by atoms with Crippen LogP contribution in [0.15, 0.2) is 29.6 Å². The lowest BCUT2D eigenvalue weighted by atomic mass is 10.1. The summed E-state index contributed by atoms with van der Waals surface area (Å²) < 4.78 is 0. The maximum absolute atomic E-state index is 12.0. The highest BCUT2D eigenvalue weighted by Gasteiger charge is 2.10. The molecule has 1 heterocycles. The first-order valence-electron chi connectivity index (χ1n) is 6.74. The van der Waals surface area contributed by atoms with E-state index in [-0.39, 0.29) is 6.03 Å². The molecule has 1 aromatic carbocycles. The van der Waals surface area contributed by atoms with Crippen LogP contribution in [-0.4, -0.2) is 28.9 Å². The number of urea groups is 1. The van der Waals surface area contributed by atoms with Crippen LogP contribution >= 0.6 is 11.3 Å². The second-order valence-electron chi connectivity index (χ2n) is 4.93. The summed E-state index contributed by atoms with van der Waals surface area (Å²) in [6.45, 7) is 2.78. The van der Waals surface area contributed by atoms with E-state index in [2.05, 4.69) is 10.3 Å². The van der Waals surface area contributed by atoms with Crippen molar-refractivity contribution in [2.45, 2.75) is 20.0 Å². The van der Waals surface area contributed by atoms with Crippen molar-refractivity contribution in [3.05, 3.63) is 51.5 Å². The minimum atomic E-state index is -0.462. The first-order valence-corrected chi connectivity index (χ1v) is 7.62. The third-order valence-electron chi connectivity index (χ3n) is 3.09. The van der Waals surface area contributed by atoms with E-state index in [4.69, 9.17) is 5.73 Å². The zero-order valence-corrected chi connectivity index (χ0v) is 13.3. The van der Waals surface area contributed by atoms with Crippen LogP contribution < -0.4 is 11.1 Å². The number of nitrogens with zero attached hydrogens (tertiary/aromatic N) is 2. The lowest BCUT2D eigenvalue weighted by Crippen LogP contribution is -2.36. The summed E-state index contributed by atoms with van der Waals surface area (Å²) in [6, 6.07) is 6.70. The van der Waals surface area contributed by atoms with Gasteiger partial charge in [-0.05, 0) is 24.6 Å². The Morgan fingerprint density at radius 1 is 1.32 bits per heavy atom. The fraction of sp³-hybridized carbons (Fsp3) is 0.267. The average molecular weight is 318 g/mol. The standard InChI is InChI=1S/C15H18N4O2S/c1-10-18-13(9-22-10)7-17-15(21)19(2)8-11-3-5-12(6-4-11)14(16)20/h3-6,9H,7-8H2,1-2H3,(H2,16,20)(H,17,21). The molecule has 0 aliphatic carbocycles. The van der Waals surface area contributed by atoms with Crippen LogP contribution in [0.5, 0.6) is 0 Å². The summed E-state index contributed by atoms with van der Waals surface area (Å²) in [6.07, 6.45) is 0. The molecule has 0 bridgehead atoms. The number of carbonyl (C=O) groups is 2. The molecule has 0 radical (unpaired) electrons. The zero-order valence-electron chi connectivity index (χ0n) is 12.5. The van der Waals surface area contributed by atoms with Gasteiger partial charge in [0.1, 0.15) is 0 Å². The Kier molecular flexibility index (Phi) is 5.11. The van der Waals surface area contributed by atoms with Gasteiger partial charge in [0, 0.05) is 24.5 Å². The smallest absolute Gasteiger partial charge is 0.317 e. The van der Waals surface area contributed by atoms with Crippen LogP contribution in [0.4, 0.5) is 4.79 Å². The predicted molar refractivity (Wildman–Crippen MR) is 85.5 cm³/mol. The molecule has 2 rings (SSSR count). The maximum atomic E-state index is 12.0. The number of benzene rings is 1. The van der Waals surface area contributed by atoms with Crippen molar-refractivity contribution in [1.82, 2.24) is 15.2 Å². The van der Waals surface area contributed by atoms with Crippen molar-refractivity contribution in [3.8, 4) is 0 Å². The average Bonchev–Trinajstić information content (AvgIpc) is 2.91. The Balaban J connectivity index is 1.86. The molecule has 3 amide bonds. The van der Waals surface area contributed by atoms with Crippen LogP contribution in [0.25, 0.3) is 0 Å². The molecule has 0 aliphatic heterocycles. The monoisotopic (exact) mass is 318 g/mol. The largest absolute Gasteiger partial charge is 0.366 e. The molecule has 0 spiro atoms. The molecule has 116 valence electrons. The van der Waals surface area contributed by atoms with Crippen LogP contribution in [0, 0.1) is 6.92 Å². The van der Waals surface area contributed by atoms with Gasteiger partial charge in [0.15, 0.2) is 0 Å². The Labute approximate surface area is 133 Å². The molecule has 0 unspecified atom stereocenters. The van der Waals surface area contributed by atoms with E-state index >= 15 is 0 Å². The highest BCUT2D eigenvalue weighted by Crippen LogP contribution is 2.09. The molecule has 0 fully saturated rings. The van der Waals surface area contributed by atoms with Gasteiger partial charge in [0.05, 0.1) is 17.2 Å². The Morgan fingerprint density at radius 3 is 2.55 bits per heavy atom. The van der Waals surface area contributed by atoms with Gasteiger partial charge in [-0.3, -0.25) is 4.79 Å². The summed E-state index contributed by atoms with van der Waals surface area (Å²) in [5.74, 6) is -0.462. The van der Waals surface area contributed by atoms with E-state index in [1.165, 1.54) is 0 Å². The molecule has 7 heteroatoms. The first kappa shape index (κ1) is 16.0. The number of primary amides is 1. The Bertz CT molecular complexity index is 666. The topological polar surface area (TPSA) is 88.3 Å². The third kappa shape index (κ3) is 4.29. The molecule has 0 aliphatic rings. The number of nitrogens with one attached hydrogen (secondary N) is 1. The van der Waals surface area contributed by atoms with E-state index in [0.717, 1.165) is 16.3 Å². The summed E-state index contributed by atoms with van der Waals surface area (Å²) in [5, 5.41) is 5.73. The Morgan fingerprint density at radius 2 is 2.00 bits per heavy atom. The summed E-state index contributed by atoms with van der Waals surface area (Å²) in [5.41, 5.74) is 7.42. The molecule has 0 saturated heterocycles. The van der Waals surface area contributed by atoms with Crippen molar-refractivity contribution in [2.75, 3.05) is 7.05 Å². The van der Waals surface area contributed by atoms with Crippen molar-refractivity contribution in [3.63, 3.8) is 0 Å². The fourth-order valence-electron chi connectivity index (χ4n) is 1.91. The number of hydrogen-bond acceptors (Lipinski definition) is 4. The highest BCUT2D eigenvalue weighted by atomic mass is 32.1. The van der Waals surface area contributed by atoms with E-state index < -0.39 is 5.91 Å². The van der Waals surface area contributed by atoms with Crippen LogP contribution in [-0.2, 0) is 13.1 Å². The van der Waals surface area contributed by atoms with Crippen molar-refractivity contribution in [1.29, 1.82) is 0 Å². The molecule has 0 saturated carbocycles. The van der Waals surface area contributed by atoms with Gasteiger partial charge < -0.3 is 16.0 Å². The van der Waals surface area contributed by atoms with Gasteiger partial charge in [0.2, 0.25) is 5.91 Å². The SMILES string of the molecule is Cc1nc(CNC(=O)N(C)Cc2ccc(C(N)=O)cc2)cs1. The van der Waals surface area contributed by atoms with Crippen molar-refractivity contribution in [2.24, 2.45) is 5.73 Å². The lowest BCUT2D eigenvalue weighted by Gasteiger charge is -2.17. The number of amides is 3. The highest BCUT2D eigenvalue weighted by molar-refractivity contribution is 7.09. The van der Waals surface area contributed by atoms with Crippen molar-refractivity contribution >= 4 is 23.3 Å². The number of aromatic nitrogens is 1. The van der Waals surface area contributed by atoms with Gasteiger partial charge in [-0.15, -0.1) is 11.3 Å².